The Hall–Kier alpha value is -0.170. The minimum atomic E-state index is -3.11. The zero-order valence-corrected chi connectivity index (χ0v) is 14.3. The van der Waals surface area contributed by atoms with Gasteiger partial charge in [-0.1, -0.05) is 6.42 Å². The summed E-state index contributed by atoms with van der Waals surface area (Å²) in [6.45, 7) is 8.14. The molecule has 2 heterocycles. The van der Waals surface area contributed by atoms with Crippen molar-refractivity contribution < 1.29 is 8.42 Å². The van der Waals surface area contributed by atoms with Crippen LogP contribution in [0.3, 0.4) is 0 Å². The third-order valence-corrected chi connectivity index (χ3v) is 6.17. The molecular weight excluding hydrogens is 286 g/mol. The fourth-order valence-electron chi connectivity index (χ4n) is 3.28. The maximum atomic E-state index is 12.1. The van der Waals surface area contributed by atoms with E-state index in [0.717, 1.165) is 38.9 Å². The molecule has 2 rings (SSSR count). The molecule has 0 aliphatic carbocycles. The van der Waals surface area contributed by atoms with E-state index in [1.54, 1.807) is 0 Å². The number of nitrogens with zero attached hydrogens (tertiary/aromatic N) is 1. The normalized spacial score (nSPS) is 28.3. The molecule has 0 aromatic heterocycles. The van der Waals surface area contributed by atoms with Crippen LogP contribution in [0.1, 0.15) is 46.0 Å². The van der Waals surface area contributed by atoms with Crippen molar-refractivity contribution in [3.8, 4) is 0 Å². The lowest BCUT2D eigenvalue weighted by molar-refractivity contribution is 0.265. The van der Waals surface area contributed by atoms with Crippen LogP contribution < -0.4 is 10.0 Å². The van der Waals surface area contributed by atoms with Crippen LogP contribution in [0.2, 0.25) is 0 Å². The molecule has 0 bridgehead atoms. The van der Waals surface area contributed by atoms with Crippen LogP contribution in [0.4, 0.5) is 0 Å². The minimum absolute atomic E-state index is 0.255. The van der Waals surface area contributed by atoms with Crippen molar-refractivity contribution in [1.29, 1.82) is 0 Å². The number of nitrogens with one attached hydrogen (secondary N) is 2. The van der Waals surface area contributed by atoms with Gasteiger partial charge in [-0.3, -0.25) is 0 Å². The fraction of sp³-hybridized carbons (Fsp3) is 1.00. The lowest BCUT2D eigenvalue weighted by Gasteiger charge is -2.23. The van der Waals surface area contributed by atoms with Crippen LogP contribution in [0.5, 0.6) is 0 Å². The summed E-state index contributed by atoms with van der Waals surface area (Å²) in [5.41, 5.74) is 0. The summed E-state index contributed by atoms with van der Waals surface area (Å²) in [5.74, 6) is 0.723. The van der Waals surface area contributed by atoms with Gasteiger partial charge in [0.15, 0.2) is 0 Å². The molecule has 6 heteroatoms. The van der Waals surface area contributed by atoms with E-state index in [1.165, 1.54) is 12.8 Å². The minimum Gasteiger partial charge on any atom is -0.314 e. The molecule has 2 atom stereocenters. The van der Waals surface area contributed by atoms with E-state index in [2.05, 4.69) is 28.8 Å². The van der Waals surface area contributed by atoms with E-state index < -0.39 is 10.0 Å². The standard InChI is InChI=1S/C15H31N3O2S/c1-13(2)18-9-6-14(12-18)11-17-21(19,20)10-7-15-5-3-4-8-16-15/h13-17H,3-12H2,1-2H3. The van der Waals surface area contributed by atoms with Gasteiger partial charge in [-0.05, 0) is 58.5 Å². The molecule has 5 nitrogen and oxygen atoms in total. The predicted octanol–water partition coefficient (Wildman–Crippen LogP) is 1.17. The van der Waals surface area contributed by atoms with Crippen molar-refractivity contribution >= 4 is 10.0 Å². The van der Waals surface area contributed by atoms with Gasteiger partial charge in [-0.15, -0.1) is 0 Å². The third kappa shape index (κ3) is 5.85. The molecule has 0 saturated carbocycles. The second-order valence-corrected chi connectivity index (χ2v) is 8.77. The summed E-state index contributed by atoms with van der Waals surface area (Å²) >= 11 is 0. The lowest BCUT2D eigenvalue weighted by atomic mass is 10.0. The number of likely N-dealkylation sites (tertiary alicyclic amines) is 1. The SMILES string of the molecule is CC(C)N1CCC(CNS(=O)(=O)CCC2CCCCN2)C1. The molecule has 21 heavy (non-hydrogen) atoms. The molecule has 0 radical (unpaired) electrons. The van der Waals surface area contributed by atoms with Crippen LogP contribution in [-0.2, 0) is 10.0 Å². The Morgan fingerprint density at radius 2 is 2.10 bits per heavy atom. The number of hydrogen-bond donors (Lipinski definition) is 2. The van der Waals surface area contributed by atoms with Crippen molar-refractivity contribution in [2.24, 2.45) is 5.92 Å². The maximum Gasteiger partial charge on any atom is 0.211 e. The molecule has 0 spiro atoms. The Labute approximate surface area is 129 Å². The van der Waals surface area contributed by atoms with Crippen molar-refractivity contribution in [3.05, 3.63) is 0 Å². The number of piperidine rings is 1. The number of rotatable bonds is 7. The summed E-state index contributed by atoms with van der Waals surface area (Å²) in [5, 5.41) is 3.41. The Balaban J connectivity index is 1.66. The smallest absolute Gasteiger partial charge is 0.211 e. The van der Waals surface area contributed by atoms with Gasteiger partial charge in [-0.25, -0.2) is 13.1 Å². The molecular formula is C15H31N3O2S. The van der Waals surface area contributed by atoms with Gasteiger partial charge in [0.05, 0.1) is 5.75 Å². The highest BCUT2D eigenvalue weighted by Crippen LogP contribution is 2.18. The molecule has 2 saturated heterocycles. The van der Waals surface area contributed by atoms with Crippen LogP contribution in [-0.4, -0.2) is 57.3 Å². The monoisotopic (exact) mass is 317 g/mol. The second-order valence-electron chi connectivity index (χ2n) is 6.85. The van der Waals surface area contributed by atoms with Crippen LogP contribution in [0, 0.1) is 5.92 Å². The van der Waals surface area contributed by atoms with Gasteiger partial charge in [0.2, 0.25) is 10.0 Å². The zero-order valence-electron chi connectivity index (χ0n) is 13.5. The molecule has 2 unspecified atom stereocenters. The molecule has 0 amide bonds. The predicted molar refractivity (Wildman–Crippen MR) is 86.9 cm³/mol. The molecule has 0 aromatic carbocycles. The summed E-state index contributed by atoms with van der Waals surface area (Å²) < 4.78 is 27.0. The molecule has 2 aliphatic heterocycles. The maximum absolute atomic E-state index is 12.1. The van der Waals surface area contributed by atoms with Gasteiger partial charge in [0, 0.05) is 25.2 Å². The topological polar surface area (TPSA) is 61.4 Å². The Morgan fingerprint density at radius 1 is 1.29 bits per heavy atom. The van der Waals surface area contributed by atoms with E-state index in [4.69, 9.17) is 0 Å². The summed E-state index contributed by atoms with van der Waals surface area (Å²) in [4.78, 5) is 2.42. The number of hydrogen-bond acceptors (Lipinski definition) is 4. The van der Waals surface area contributed by atoms with Gasteiger partial charge >= 0.3 is 0 Å². The van der Waals surface area contributed by atoms with Gasteiger partial charge in [-0.2, -0.15) is 0 Å². The third-order valence-electron chi connectivity index (χ3n) is 4.79. The highest BCUT2D eigenvalue weighted by molar-refractivity contribution is 7.89. The van der Waals surface area contributed by atoms with E-state index >= 15 is 0 Å². The first-order valence-electron chi connectivity index (χ1n) is 8.41. The molecule has 0 aromatic rings. The first kappa shape index (κ1) is 17.2. The average Bonchev–Trinajstić information content (AvgIpc) is 2.94. The first-order chi connectivity index (χ1) is 9.96. The van der Waals surface area contributed by atoms with Gasteiger partial charge in [0.1, 0.15) is 0 Å². The first-order valence-corrected chi connectivity index (χ1v) is 10.1. The highest BCUT2D eigenvalue weighted by atomic mass is 32.2. The van der Waals surface area contributed by atoms with E-state index in [0.29, 0.717) is 24.5 Å². The Kier molecular flexibility index (Phi) is 6.47. The largest absolute Gasteiger partial charge is 0.314 e. The summed E-state index contributed by atoms with van der Waals surface area (Å²) in [7, 11) is -3.11. The second kappa shape index (κ2) is 7.90. The Bertz CT molecular complexity index is 405. The Morgan fingerprint density at radius 3 is 2.71 bits per heavy atom. The van der Waals surface area contributed by atoms with Crippen LogP contribution >= 0.6 is 0 Å². The average molecular weight is 317 g/mol. The van der Waals surface area contributed by atoms with Crippen molar-refractivity contribution in [1.82, 2.24) is 14.9 Å². The molecule has 2 aliphatic rings. The van der Waals surface area contributed by atoms with E-state index in [9.17, 15) is 8.42 Å². The van der Waals surface area contributed by atoms with E-state index in [1.807, 2.05) is 0 Å². The summed E-state index contributed by atoms with van der Waals surface area (Å²) in [6, 6.07) is 0.947. The van der Waals surface area contributed by atoms with Crippen molar-refractivity contribution in [2.75, 3.05) is 31.9 Å². The zero-order chi connectivity index (χ0) is 15.3. The quantitative estimate of drug-likeness (QED) is 0.740. The number of sulfonamides is 1. The van der Waals surface area contributed by atoms with Gasteiger partial charge < -0.3 is 10.2 Å². The van der Waals surface area contributed by atoms with E-state index in [-0.39, 0.29) is 5.75 Å². The molecule has 2 fully saturated rings. The fourth-order valence-corrected chi connectivity index (χ4v) is 4.51. The van der Waals surface area contributed by atoms with Crippen LogP contribution in [0.25, 0.3) is 0 Å². The van der Waals surface area contributed by atoms with Crippen molar-refractivity contribution in [2.45, 2.75) is 58.0 Å². The molecule has 2 N–H and O–H groups in total. The molecule has 124 valence electrons. The lowest BCUT2D eigenvalue weighted by Crippen LogP contribution is -2.38. The highest BCUT2D eigenvalue weighted by Gasteiger charge is 2.25. The van der Waals surface area contributed by atoms with Crippen molar-refractivity contribution in [3.63, 3.8) is 0 Å². The van der Waals surface area contributed by atoms with Gasteiger partial charge in [0.25, 0.3) is 0 Å². The summed E-state index contributed by atoms with van der Waals surface area (Å²) in [6.07, 6.45) is 5.39. The van der Waals surface area contributed by atoms with Crippen LogP contribution in [0.15, 0.2) is 0 Å².